The number of benzene rings is 1. The minimum atomic E-state index is -3.74. The van der Waals surface area contributed by atoms with Gasteiger partial charge >= 0.3 is 0 Å². The molecule has 1 aliphatic rings. The van der Waals surface area contributed by atoms with Gasteiger partial charge in [0.2, 0.25) is 10.0 Å². The summed E-state index contributed by atoms with van der Waals surface area (Å²) in [5, 5.41) is 8.54. The van der Waals surface area contributed by atoms with Gasteiger partial charge in [-0.15, -0.1) is 0 Å². The second-order valence-electron chi connectivity index (χ2n) is 5.46. The van der Waals surface area contributed by atoms with E-state index in [0.717, 1.165) is 18.0 Å². The highest BCUT2D eigenvalue weighted by molar-refractivity contribution is 7.89. The van der Waals surface area contributed by atoms with Crippen molar-refractivity contribution in [2.45, 2.75) is 44.0 Å². The first-order valence-electron chi connectivity index (χ1n) is 6.47. The van der Waals surface area contributed by atoms with Crippen LogP contribution in [0.15, 0.2) is 17.0 Å². The van der Waals surface area contributed by atoms with Crippen molar-refractivity contribution in [2.75, 3.05) is 11.1 Å². The standard InChI is InChI=1S/C13H21N3O2S/c1-8(5-10-3-4-10)16-12-6-11(14)7-13(9(12)2)19(15,17)18/h6-8,10,16H,3-5,14H2,1-2H3,(H2,15,17,18). The smallest absolute Gasteiger partial charge is 0.238 e. The molecule has 1 fully saturated rings. The maximum absolute atomic E-state index is 11.5. The lowest BCUT2D eigenvalue weighted by atomic mass is 10.1. The van der Waals surface area contributed by atoms with Gasteiger partial charge in [-0.1, -0.05) is 12.8 Å². The van der Waals surface area contributed by atoms with Crippen LogP contribution in [0.1, 0.15) is 31.7 Å². The minimum Gasteiger partial charge on any atom is -0.399 e. The van der Waals surface area contributed by atoms with E-state index in [1.54, 1.807) is 13.0 Å². The van der Waals surface area contributed by atoms with Crippen LogP contribution in [0.4, 0.5) is 11.4 Å². The van der Waals surface area contributed by atoms with Crippen molar-refractivity contribution in [3.05, 3.63) is 17.7 Å². The zero-order valence-electron chi connectivity index (χ0n) is 11.3. The van der Waals surface area contributed by atoms with E-state index >= 15 is 0 Å². The molecule has 6 heteroatoms. The number of hydrogen-bond acceptors (Lipinski definition) is 4. The largest absolute Gasteiger partial charge is 0.399 e. The van der Waals surface area contributed by atoms with Crippen molar-refractivity contribution in [3.8, 4) is 0 Å². The van der Waals surface area contributed by atoms with Crippen molar-refractivity contribution in [1.82, 2.24) is 0 Å². The fraction of sp³-hybridized carbons (Fsp3) is 0.538. The second-order valence-corrected chi connectivity index (χ2v) is 6.99. The Bertz CT molecular complexity index is 580. The number of anilines is 2. The van der Waals surface area contributed by atoms with Gasteiger partial charge in [-0.25, -0.2) is 13.6 Å². The number of nitrogen functional groups attached to an aromatic ring is 1. The van der Waals surface area contributed by atoms with Gasteiger partial charge in [0.25, 0.3) is 0 Å². The third-order valence-electron chi connectivity index (χ3n) is 3.47. The zero-order chi connectivity index (χ0) is 14.2. The summed E-state index contributed by atoms with van der Waals surface area (Å²) in [6.07, 6.45) is 3.69. The summed E-state index contributed by atoms with van der Waals surface area (Å²) in [5.41, 5.74) is 7.52. The molecule has 5 nitrogen and oxygen atoms in total. The van der Waals surface area contributed by atoms with Crippen molar-refractivity contribution >= 4 is 21.4 Å². The molecule has 0 heterocycles. The fourth-order valence-electron chi connectivity index (χ4n) is 2.33. The van der Waals surface area contributed by atoms with Crippen LogP contribution in [0, 0.1) is 12.8 Å². The minimum absolute atomic E-state index is 0.0913. The van der Waals surface area contributed by atoms with E-state index in [1.807, 2.05) is 0 Å². The van der Waals surface area contributed by atoms with E-state index in [0.29, 0.717) is 17.3 Å². The van der Waals surface area contributed by atoms with Gasteiger partial charge < -0.3 is 11.1 Å². The molecule has 0 spiro atoms. The number of hydrogen-bond donors (Lipinski definition) is 3. The normalized spacial score (nSPS) is 17.2. The van der Waals surface area contributed by atoms with Gasteiger partial charge in [0.15, 0.2) is 0 Å². The Morgan fingerprint density at radius 1 is 1.42 bits per heavy atom. The molecule has 2 rings (SSSR count). The van der Waals surface area contributed by atoms with Gasteiger partial charge in [0.05, 0.1) is 4.90 Å². The van der Waals surface area contributed by atoms with Crippen molar-refractivity contribution < 1.29 is 8.42 Å². The summed E-state index contributed by atoms with van der Waals surface area (Å²) >= 11 is 0. The molecule has 0 saturated heterocycles. The van der Waals surface area contributed by atoms with Crippen LogP contribution >= 0.6 is 0 Å². The third-order valence-corrected chi connectivity index (χ3v) is 4.51. The van der Waals surface area contributed by atoms with E-state index in [2.05, 4.69) is 12.2 Å². The topological polar surface area (TPSA) is 98.2 Å². The molecule has 0 bridgehead atoms. The third kappa shape index (κ3) is 3.61. The molecule has 0 amide bonds. The summed E-state index contributed by atoms with van der Waals surface area (Å²) in [7, 11) is -3.74. The van der Waals surface area contributed by atoms with Crippen LogP contribution in [-0.4, -0.2) is 14.5 Å². The molecule has 0 radical (unpaired) electrons. The fourth-order valence-corrected chi connectivity index (χ4v) is 3.17. The van der Waals surface area contributed by atoms with Crippen molar-refractivity contribution in [1.29, 1.82) is 0 Å². The van der Waals surface area contributed by atoms with Gasteiger partial charge in [-0.3, -0.25) is 0 Å². The molecule has 1 unspecified atom stereocenters. The number of nitrogens with one attached hydrogen (secondary N) is 1. The van der Waals surface area contributed by atoms with Crippen LogP contribution in [0.25, 0.3) is 0 Å². The highest BCUT2D eigenvalue weighted by Crippen LogP contribution is 2.35. The summed E-state index contributed by atoms with van der Waals surface area (Å²) in [4.78, 5) is 0.0913. The number of nitrogens with two attached hydrogens (primary N) is 2. The van der Waals surface area contributed by atoms with Gasteiger partial charge in [-0.05, 0) is 43.9 Å². The van der Waals surface area contributed by atoms with Crippen LogP contribution in [0.5, 0.6) is 0 Å². The predicted molar refractivity (Wildman–Crippen MR) is 77.4 cm³/mol. The molecular weight excluding hydrogens is 262 g/mol. The monoisotopic (exact) mass is 283 g/mol. The molecule has 1 saturated carbocycles. The van der Waals surface area contributed by atoms with Gasteiger partial charge in [0.1, 0.15) is 0 Å². The quantitative estimate of drug-likeness (QED) is 0.718. The summed E-state index contributed by atoms with van der Waals surface area (Å²) < 4.78 is 23.1. The second kappa shape index (κ2) is 5.02. The van der Waals surface area contributed by atoms with E-state index < -0.39 is 10.0 Å². The molecule has 1 aromatic carbocycles. The van der Waals surface area contributed by atoms with E-state index in [1.165, 1.54) is 18.9 Å². The first kappa shape index (κ1) is 14.1. The summed E-state index contributed by atoms with van der Waals surface area (Å²) in [5.74, 6) is 0.807. The van der Waals surface area contributed by atoms with Crippen LogP contribution < -0.4 is 16.2 Å². The molecule has 5 N–H and O–H groups in total. The molecule has 0 aromatic heterocycles. The molecule has 106 valence electrons. The predicted octanol–water partition coefficient (Wildman–Crippen LogP) is 1.83. The van der Waals surface area contributed by atoms with Gasteiger partial charge in [0, 0.05) is 17.4 Å². The first-order chi connectivity index (χ1) is 8.77. The molecule has 1 aromatic rings. The van der Waals surface area contributed by atoms with Crippen LogP contribution in [0.2, 0.25) is 0 Å². The maximum Gasteiger partial charge on any atom is 0.238 e. The number of rotatable bonds is 5. The number of primary sulfonamides is 1. The Hall–Kier alpha value is -1.27. The lowest BCUT2D eigenvalue weighted by Gasteiger charge is -2.19. The molecule has 0 aliphatic heterocycles. The van der Waals surface area contributed by atoms with Crippen molar-refractivity contribution in [3.63, 3.8) is 0 Å². The molecule has 1 aliphatic carbocycles. The Labute approximate surface area is 114 Å². The zero-order valence-corrected chi connectivity index (χ0v) is 12.1. The maximum atomic E-state index is 11.5. The van der Waals surface area contributed by atoms with Crippen LogP contribution in [0.3, 0.4) is 0 Å². The number of sulfonamides is 1. The van der Waals surface area contributed by atoms with Crippen molar-refractivity contribution in [2.24, 2.45) is 11.1 Å². The van der Waals surface area contributed by atoms with Gasteiger partial charge in [-0.2, -0.15) is 0 Å². The van der Waals surface area contributed by atoms with E-state index in [9.17, 15) is 8.42 Å². The summed E-state index contributed by atoms with van der Waals surface area (Å²) in [6.45, 7) is 3.84. The Morgan fingerprint density at radius 2 is 2.05 bits per heavy atom. The van der Waals surface area contributed by atoms with E-state index in [4.69, 9.17) is 10.9 Å². The Kier molecular flexibility index (Phi) is 3.73. The van der Waals surface area contributed by atoms with Crippen LogP contribution in [-0.2, 0) is 10.0 Å². The highest BCUT2D eigenvalue weighted by Gasteiger charge is 2.24. The molecule has 1 atom stereocenters. The SMILES string of the molecule is Cc1c(NC(C)CC2CC2)cc(N)cc1S(N)(=O)=O. The molecule has 19 heavy (non-hydrogen) atoms. The lowest BCUT2D eigenvalue weighted by molar-refractivity contribution is 0.597. The van der Waals surface area contributed by atoms with E-state index in [-0.39, 0.29) is 4.90 Å². The Balaban J connectivity index is 2.26. The Morgan fingerprint density at radius 3 is 2.58 bits per heavy atom. The first-order valence-corrected chi connectivity index (χ1v) is 8.01. The average Bonchev–Trinajstić information content (AvgIpc) is 3.05. The average molecular weight is 283 g/mol. The lowest BCUT2D eigenvalue weighted by Crippen LogP contribution is -2.19. The summed E-state index contributed by atoms with van der Waals surface area (Å²) in [6, 6.07) is 3.45. The highest BCUT2D eigenvalue weighted by atomic mass is 32.2. The molecular formula is C13H21N3O2S.